The number of amides is 2. The van der Waals surface area contributed by atoms with Crippen molar-refractivity contribution < 1.29 is 22.7 Å². The molecule has 1 fully saturated rings. The average molecular weight is 472 g/mol. The molecule has 2 N–H and O–H groups in total. The summed E-state index contributed by atoms with van der Waals surface area (Å²) in [6, 6.07) is 10.9. The number of nitrogens with one attached hydrogen (secondary N) is 2. The number of hydrogen-bond acceptors (Lipinski definition) is 5. The fraction of sp³-hybridized carbons (Fsp3) is 0.417. The van der Waals surface area contributed by atoms with Gasteiger partial charge in [0.25, 0.3) is 5.91 Å². The highest BCUT2D eigenvalue weighted by Gasteiger charge is 2.34. The van der Waals surface area contributed by atoms with Gasteiger partial charge in [-0.1, -0.05) is 19.1 Å². The highest BCUT2D eigenvalue weighted by molar-refractivity contribution is 7.89. The van der Waals surface area contributed by atoms with Gasteiger partial charge in [-0.3, -0.25) is 9.59 Å². The molecule has 0 saturated carbocycles. The number of nitrogens with zero attached hydrogens (tertiary/aromatic N) is 1. The number of benzene rings is 2. The average Bonchev–Trinajstić information content (AvgIpc) is 2.80. The minimum Gasteiger partial charge on any atom is -0.479 e. The van der Waals surface area contributed by atoms with Crippen LogP contribution in [0.5, 0.6) is 5.75 Å². The van der Waals surface area contributed by atoms with Crippen LogP contribution < -0.4 is 15.4 Å². The van der Waals surface area contributed by atoms with Gasteiger partial charge >= 0.3 is 0 Å². The SMILES string of the molecule is CCc1ccc(NC(=O)C2CCN(S(=O)(=O)c3cc4c(cc3C)NC(=O)C(C)O4)CC2)cc1. The van der Waals surface area contributed by atoms with Crippen LogP contribution in [0, 0.1) is 12.8 Å². The number of carbonyl (C=O) groups excluding carboxylic acids is 2. The lowest BCUT2D eigenvalue weighted by atomic mass is 9.97. The molecule has 4 rings (SSSR count). The van der Waals surface area contributed by atoms with Crippen LogP contribution in [0.1, 0.15) is 37.8 Å². The molecule has 0 aliphatic carbocycles. The van der Waals surface area contributed by atoms with Crippen LogP contribution in [0.3, 0.4) is 0 Å². The van der Waals surface area contributed by atoms with Crippen LogP contribution in [-0.2, 0) is 26.0 Å². The van der Waals surface area contributed by atoms with E-state index in [1.54, 1.807) is 19.9 Å². The molecule has 2 aliphatic heterocycles. The van der Waals surface area contributed by atoms with E-state index in [0.29, 0.717) is 29.8 Å². The molecule has 2 heterocycles. The molecule has 1 unspecified atom stereocenters. The van der Waals surface area contributed by atoms with Crippen molar-refractivity contribution in [2.24, 2.45) is 5.92 Å². The molecular formula is C24H29N3O5S. The van der Waals surface area contributed by atoms with Gasteiger partial charge in [-0.15, -0.1) is 0 Å². The van der Waals surface area contributed by atoms with Gasteiger partial charge in [-0.25, -0.2) is 8.42 Å². The molecule has 1 saturated heterocycles. The summed E-state index contributed by atoms with van der Waals surface area (Å²) in [4.78, 5) is 24.7. The van der Waals surface area contributed by atoms with Gasteiger partial charge in [0.2, 0.25) is 15.9 Å². The molecular weight excluding hydrogens is 442 g/mol. The van der Waals surface area contributed by atoms with Crippen molar-refractivity contribution in [3.05, 3.63) is 47.5 Å². The second-order valence-corrected chi connectivity index (χ2v) is 10.5. The molecule has 0 spiro atoms. The van der Waals surface area contributed by atoms with E-state index >= 15 is 0 Å². The monoisotopic (exact) mass is 471 g/mol. The molecule has 0 radical (unpaired) electrons. The van der Waals surface area contributed by atoms with Gasteiger partial charge < -0.3 is 15.4 Å². The molecule has 8 nitrogen and oxygen atoms in total. The third-order valence-corrected chi connectivity index (χ3v) is 8.32. The number of aryl methyl sites for hydroxylation is 2. The summed E-state index contributed by atoms with van der Waals surface area (Å²) in [5.41, 5.74) is 2.95. The molecule has 2 aromatic carbocycles. The zero-order chi connectivity index (χ0) is 23.8. The van der Waals surface area contributed by atoms with Crippen molar-refractivity contribution in [1.29, 1.82) is 0 Å². The van der Waals surface area contributed by atoms with E-state index in [-0.39, 0.29) is 35.7 Å². The Morgan fingerprint density at radius 3 is 2.48 bits per heavy atom. The van der Waals surface area contributed by atoms with Gasteiger partial charge in [-0.2, -0.15) is 4.31 Å². The first-order chi connectivity index (χ1) is 15.7. The largest absolute Gasteiger partial charge is 0.479 e. The molecule has 33 heavy (non-hydrogen) atoms. The fourth-order valence-electron chi connectivity index (χ4n) is 4.19. The van der Waals surface area contributed by atoms with E-state index in [1.807, 2.05) is 24.3 Å². The number of carbonyl (C=O) groups is 2. The third-order valence-electron chi connectivity index (χ3n) is 6.28. The van der Waals surface area contributed by atoms with E-state index in [1.165, 1.54) is 15.9 Å². The van der Waals surface area contributed by atoms with Crippen molar-refractivity contribution >= 4 is 33.2 Å². The zero-order valence-electron chi connectivity index (χ0n) is 19.1. The summed E-state index contributed by atoms with van der Waals surface area (Å²) in [5, 5.41) is 5.68. The Morgan fingerprint density at radius 2 is 1.85 bits per heavy atom. The Morgan fingerprint density at radius 1 is 1.18 bits per heavy atom. The van der Waals surface area contributed by atoms with Gasteiger partial charge in [0.15, 0.2) is 6.10 Å². The molecule has 0 aromatic heterocycles. The molecule has 2 aliphatic rings. The Balaban J connectivity index is 1.43. The predicted octanol–water partition coefficient (Wildman–Crippen LogP) is 3.32. The number of sulfonamides is 1. The fourth-order valence-corrected chi connectivity index (χ4v) is 5.88. The number of rotatable bonds is 5. The second kappa shape index (κ2) is 9.15. The lowest BCUT2D eigenvalue weighted by molar-refractivity contribution is -0.123. The van der Waals surface area contributed by atoms with Crippen LogP contribution in [0.2, 0.25) is 0 Å². The number of anilines is 2. The smallest absolute Gasteiger partial charge is 0.265 e. The first-order valence-corrected chi connectivity index (χ1v) is 12.6. The number of fused-ring (bicyclic) bond motifs is 1. The molecule has 176 valence electrons. The normalized spacial score (nSPS) is 19.4. The molecule has 1 atom stereocenters. The van der Waals surface area contributed by atoms with Crippen molar-refractivity contribution in [2.45, 2.75) is 51.0 Å². The number of piperidine rings is 1. The van der Waals surface area contributed by atoms with Crippen molar-refractivity contribution in [2.75, 3.05) is 23.7 Å². The Labute approximate surface area is 194 Å². The topological polar surface area (TPSA) is 105 Å². The van der Waals surface area contributed by atoms with E-state index in [4.69, 9.17) is 4.74 Å². The van der Waals surface area contributed by atoms with Crippen molar-refractivity contribution in [1.82, 2.24) is 4.31 Å². The van der Waals surface area contributed by atoms with Crippen molar-refractivity contribution in [3.63, 3.8) is 0 Å². The Hall–Kier alpha value is -2.91. The minimum atomic E-state index is -3.76. The predicted molar refractivity (Wildman–Crippen MR) is 126 cm³/mol. The molecule has 9 heteroatoms. The van der Waals surface area contributed by atoms with Crippen molar-refractivity contribution in [3.8, 4) is 5.75 Å². The lowest BCUT2D eigenvalue weighted by Gasteiger charge is -2.31. The maximum atomic E-state index is 13.4. The summed E-state index contributed by atoms with van der Waals surface area (Å²) >= 11 is 0. The molecule has 0 bridgehead atoms. The van der Waals surface area contributed by atoms with E-state index in [0.717, 1.165) is 12.1 Å². The van der Waals surface area contributed by atoms with Crippen LogP contribution in [0.25, 0.3) is 0 Å². The van der Waals surface area contributed by atoms with Crippen LogP contribution in [0.15, 0.2) is 41.3 Å². The third kappa shape index (κ3) is 4.74. The van der Waals surface area contributed by atoms with E-state index < -0.39 is 16.1 Å². The zero-order valence-corrected chi connectivity index (χ0v) is 19.9. The summed E-state index contributed by atoms with van der Waals surface area (Å²) in [7, 11) is -3.76. The van der Waals surface area contributed by atoms with E-state index in [2.05, 4.69) is 17.6 Å². The lowest BCUT2D eigenvalue weighted by Crippen LogP contribution is -2.41. The first-order valence-electron chi connectivity index (χ1n) is 11.2. The highest BCUT2D eigenvalue weighted by atomic mass is 32.2. The van der Waals surface area contributed by atoms with Crippen LogP contribution >= 0.6 is 0 Å². The van der Waals surface area contributed by atoms with Crippen LogP contribution in [0.4, 0.5) is 11.4 Å². The van der Waals surface area contributed by atoms with Gasteiger partial charge in [0.05, 0.1) is 10.6 Å². The highest BCUT2D eigenvalue weighted by Crippen LogP contribution is 2.36. The quantitative estimate of drug-likeness (QED) is 0.696. The Bertz CT molecular complexity index is 1170. The number of hydrogen-bond donors (Lipinski definition) is 2. The standard InChI is InChI=1S/C24H29N3O5S/c1-4-17-5-7-19(8-6-17)25-24(29)18-9-11-27(12-10-18)33(30,31)22-14-21-20(13-15(22)2)26-23(28)16(3)32-21/h5-8,13-14,16,18H,4,9-12H2,1-3H3,(H,25,29)(H,26,28). The van der Waals surface area contributed by atoms with Gasteiger partial charge in [0, 0.05) is 30.8 Å². The minimum absolute atomic E-state index is 0.0839. The summed E-state index contributed by atoms with van der Waals surface area (Å²) in [5.74, 6) is -0.250. The van der Waals surface area contributed by atoms with E-state index in [9.17, 15) is 18.0 Å². The van der Waals surface area contributed by atoms with Gasteiger partial charge in [-0.05, 0) is 62.4 Å². The molecule has 2 amide bonds. The first kappa shape index (κ1) is 23.3. The van der Waals surface area contributed by atoms with Gasteiger partial charge in [0.1, 0.15) is 5.75 Å². The summed E-state index contributed by atoms with van der Waals surface area (Å²) in [6.45, 7) is 5.91. The number of ether oxygens (including phenoxy) is 1. The Kier molecular flexibility index (Phi) is 6.45. The summed E-state index contributed by atoms with van der Waals surface area (Å²) < 4.78 is 33.7. The second-order valence-electron chi connectivity index (χ2n) is 8.58. The maximum Gasteiger partial charge on any atom is 0.265 e. The maximum absolute atomic E-state index is 13.4. The van der Waals surface area contributed by atoms with Crippen LogP contribution in [-0.4, -0.2) is 43.7 Å². The molecule has 2 aromatic rings. The summed E-state index contributed by atoms with van der Waals surface area (Å²) in [6.07, 6.45) is 1.14.